The number of hydrogen-bond acceptors (Lipinski definition) is 3. The third-order valence-corrected chi connectivity index (χ3v) is 3.79. The summed E-state index contributed by atoms with van der Waals surface area (Å²) in [7, 11) is 0. The van der Waals surface area contributed by atoms with Crippen LogP contribution in [0.5, 0.6) is 0 Å². The van der Waals surface area contributed by atoms with E-state index in [1.54, 1.807) is 17.0 Å². The Labute approximate surface area is 108 Å². The second-order valence-corrected chi connectivity index (χ2v) is 5.69. The van der Waals surface area contributed by atoms with Gasteiger partial charge >= 0.3 is 0 Å². The lowest BCUT2D eigenvalue weighted by molar-refractivity contribution is 0.484. The Morgan fingerprint density at radius 3 is 2.78 bits per heavy atom. The van der Waals surface area contributed by atoms with E-state index in [2.05, 4.69) is 17.2 Å². The zero-order valence-electron chi connectivity index (χ0n) is 11.6. The van der Waals surface area contributed by atoms with Gasteiger partial charge in [0.25, 0.3) is 5.56 Å². The average Bonchev–Trinajstić information content (AvgIpc) is 3.08. The topological polar surface area (TPSA) is 46.9 Å². The van der Waals surface area contributed by atoms with Crippen LogP contribution in [0.15, 0.2) is 17.2 Å². The van der Waals surface area contributed by atoms with Gasteiger partial charge in [0.1, 0.15) is 0 Å². The van der Waals surface area contributed by atoms with Crippen LogP contribution in [-0.2, 0) is 0 Å². The van der Waals surface area contributed by atoms with E-state index >= 15 is 0 Å². The van der Waals surface area contributed by atoms with E-state index in [4.69, 9.17) is 0 Å². The largest absolute Gasteiger partial charge is 0.365 e. The van der Waals surface area contributed by atoms with Crippen molar-refractivity contribution in [2.75, 3.05) is 11.9 Å². The summed E-state index contributed by atoms with van der Waals surface area (Å²) in [6.45, 7) is 7.10. The van der Waals surface area contributed by atoms with Gasteiger partial charge in [-0.3, -0.25) is 4.79 Å². The van der Waals surface area contributed by atoms with Crippen LogP contribution in [0.2, 0.25) is 0 Å². The Bertz CT molecular complexity index is 460. The van der Waals surface area contributed by atoms with Gasteiger partial charge in [-0.15, -0.1) is 0 Å². The smallest absolute Gasteiger partial charge is 0.293 e. The van der Waals surface area contributed by atoms with Gasteiger partial charge in [-0.25, -0.2) is 4.98 Å². The first-order chi connectivity index (χ1) is 8.58. The predicted octanol–water partition coefficient (Wildman–Crippen LogP) is 2.82. The quantitative estimate of drug-likeness (QED) is 0.843. The minimum absolute atomic E-state index is 0.0141. The Morgan fingerprint density at radius 2 is 2.22 bits per heavy atom. The molecule has 1 N–H and O–H groups in total. The summed E-state index contributed by atoms with van der Waals surface area (Å²) in [6, 6.07) is 0.173. The van der Waals surface area contributed by atoms with Gasteiger partial charge in [0, 0.05) is 25.0 Å². The molecule has 1 heterocycles. The Balaban J connectivity index is 2.06. The molecule has 1 fully saturated rings. The molecule has 0 amide bonds. The van der Waals surface area contributed by atoms with E-state index in [1.807, 2.05) is 13.8 Å². The summed E-state index contributed by atoms with van der Waals surface area (Å²) in [6.07, 6.45) is 8.45. The van der Waals surface area contributed by atoms with Gasteiger partial charge in [-0.1, -0.05) is 13.3 Å². The fourth-order valence-electron chi connectivity index (χ4n) is 2.45. The molecule has 1 aliphatic carbocycles. The molecule has 0 radical (unpaired) electrons. The highest BCUT2D eigenvalue weighted by Crippen LogP contribution is 2.49. The average molecular weight is 249 g/mol. The molecule has 1 aliphatic rings. The van der Waals surface area contributed by atoms with Crippen molar-refractivity contribution in [2.24, 2.45) is 5.41 Å². The zero-order valence-corrected chi connectivity index (χ0v) is 11.6. The monoisotopic (exact) mass is 249 g/mol. The third-order valence-electron chi connectivity index (χ3n) is 3.79. The molecule has 0 aliphatic heterocycles. The van der Waals surface area contributed by atoms with E-state index in [9.17, 15) is 4.79 Å². The molecule has 0 saturated heterocycles. The van der Waals surface area contributed by atoms with Crippen LogP contribution in [0.3, 0.4) is 0 Å². The van der Waals surface area contributed by atoms with Crippen molar-refractivity contribution in [2.45, 2.75) is 52.5 Å². The van der Waals surface area contributed by atoms with E-state index in [0.29, 0.717) is 11.2 Å². The Kier molecular flexibility index (Phi) is 3.73. The van der Waals surface area contributed by atoms with Crippen molar-refractivity contribution in [3.8, 4) is 0 Å². The number of anilines is 1. The van der Waals surface area contributed by atoms with Crippen LogP contribution in [0.25, 0.3) is 0 Å². The number of nitrogens with zero attached hydrogens (tertiary/aromatic N) is 2. The summed E-state index contributed by atoms with van der Waals surface area (Å²) in [4.78, 5) is 16.3. The molecule has 1 saturated carbocycles. The van der Waals surface area contributed by atoms with Gasteiger partial charge in [0.05, 0.1) is 0 Å². The first-order valence-electron chi connectivity index (χ1n) is 6.89. The minimum Gasteiger partial charge on any atom is -0.365 e. The van der Waals surface area contributed by atoms with Crippen LogP contribution in [0.1, 0.15) is 52.5 Å². The molecule has 100 valence electrons. The highest BCUT2D eigenvalue weighted by atomic mass is 16.1. The zero-order chi connectivity index (χ0) is 13.2. The number of rotatable bonds is 6. The lowest BCUT2D eigenvalue weighted by Crippen LogP contribution is -2.27. The number of aromatic nitrogens is 2. The fourth-order valence-corrected chi connectivity index (χ4v) is 2.45. The normalized spacial score (nSPS) is 16.9. The first kappa shape index (κ1) is 13.1. The summed E-state index contributed by atoms with van der Waals surface area (Å²) in [5.74, 6) is 0.494. The van der Waals surface area contributed by atoms with Crippen LogP contribution in [0, 0.1) is 5.41 Å². The molecule has 1 aromatic rings. The molecule has 4 heteroatoms. The van der Waals surface area contributed by atoms with E-state index < -0.39 is 0 Å². The van der Waals surface area contributed by atoms with Crippen molar-refractivity contribution in [1.29, 1.82) is 0 Å². The van der Waals surface area contributed by atoms with E-state index in [0.717, 1.165) is 6.54 Å². The molecule has 1 aromatic heterocycles. The van der Waals surface area contributed by atoms with Crippen molar-refractivity contribution < 1.29 is 0 Å². The molecule has 0 aromatic carbocycles. The Morgan fingerprint density at radius 1 is 1.50 bits per heavy atom. The second-order valence-electron chi connectivity index (χ2n) is 5.69. The summed E-state index contributed by atoms with van der Waals surface area (Å²) < 4.78 is 1.72. The van der Waals surface area contributed by atoms with Crippen molar-refractivity contribution in [1.82, 2.24) is 9.55 Å². The van der Waals surface area contributed by atoms with E-state index in [-0.39, 0.29) is 11.6 Å². The molecular weight excluding hydrogens is 226 g/mol. The molecule has 4 nitrogen and oxygen atoms in total. The van der Waals surface area contributed by atoms with Crippen molar-refractivity contribution in [3.63, 3.8) is 0 Å². The standard InChI is InChI=1S/C14H23N3O/c1-4-5-14(6-7-14)10-16-12-13(18)17(11(2)3)9-8-15-12/h8-9,11H,4-7,10H2,1-3H3,(H,15,16). The lowest BCUT2D eigenvalue weighted by atomic mass is 10.0. The molecule has 18 heavy (non-hydrogen) atoms. The van der Waals surface area contributed by atoms with Crippen LogP contribution >= 0.6 is 0 Å². The predicted molar refractivity (Wildman–Crippen MR) is 73.9 cm³/mol. The summed E-state index contributed by atoms with van der Waals surface area (Å²) in [5, 5.41) is 3.25. The molecule has 0 unspecified atom stereocenters. The van der Waals surface area contributed by atoms with Crippen LogP contribution in [0.4, 0.5) is 5.82 Å². The first-order valence-corrected chi connectivity index (χ1v) is 6.89. The van der Waals surface area contributed by atoms with Crippen molar-refractivity contribution in [3.05, 3.63) is 22.7 Å². The maximum Gasteiger partial charge on any atom is 0.293 e. The minimum atomic E-state index is -0.0141. The number of hydrogen-bond donors (Lipinski definition) is 1. The molecule has 0 spiro atoms. The lowest BCUT2D eigenvalue weighted by Gasteiger charge is -2.16. The molecule has 0 atom stereocenters. The third kappa shape index (κ3) is 2.74. The van der Waals surface area contributed by atoms with Gasteiger partial charge in [-0.2, -0.15) is 0 Å². The maximum atomic E-state index is 12.1. The highest BCUT2D eigenvalue weighted by Gasteiger charge is 2.41. The second kappa shape index (κ2) is 5.12. The van der Waals surface area contributed by atoms with Crippen LogP contribution in [-0.4, -0.2) is 16.1 Å². The maximum absolute atomic E-state index is 12.1. The highest BCUT2D eigenvalue weighted by molar-refractivity contribution is 5.32. The van der Waals surface area contributed by atoms with Crippen molar-refractivity contribution >= 4 is 5.82 Å². The van der Waals surface area contributed by atoms with Gasteiger partial charge in [-0.05, 0) is 38.5 Å². The summed E-state index contributed by atoms with van der Waals surface area (Å²) >= 11 is 0. The van der Waals surface area contributed by atoms with Gasteiger partial charge in [0.15, 0.2) is 5.82 Å². The fraction of sp³-hybridized carbons (Fsp3) is 0.714. The molecule has 0 bridgehead atoms. The Hall–Kier alpha value is -1.32. The molecular formula is C14H23N3O. The van der Waals surface area contributed by atoms with Crippen LogP contribution < -0.4 is 10.9 Å². The van der Waals surface area contributed by atoms with E-state index in [1.165, 1.54) is 25.7 Å². The number of nitrogens with one attached hydrogen (secondary N) is 1. The van der Waals surface area contributed by atoms with Gasteiger partial charge in [0.2, 0.25) is 0 Å². The van der Waals surface area contributed by atoms with Gasteiger partial charge < -0.3 is 9.88 Å². The summed E-state index contributed by atoms with van der Waals surface area (Å²) in [5.41, 5.74) is 0.418. The molecule has 2 rings (SSSR count). The SMILES string of the molecule is CCCC1(CNc2nccn(C(C)C)c2=O)CC1.